The normalized spacial score (nSPS) is 14.4. The molecule has 4 heteroatoms. The Morgan fingerprint density at radius 2 is 1.92 bits per heavy atom. The van der Waals surface area contributed by atoms with Crippen molar-refractivity contribution in [2.45, 2.75) is 59.3 Å². The molecule has 0 spiro atoms. The summed E-state index contributed by atoms with van der Waals surface area (Å²) in [4.78, 5) is 23.6. The van der Waals surface area contributed by atoms with Gasteiger partial charge in [-0.1, -0.05) is 31.6 Å². The maximum absolute atomic E-state index is 11.9. The molecule has 136 valence electrons. The lowest BCUT2D eigenvalue weighted by atomic mass is 9.90. The lowest BCUT2D eigenvalue weighted by Gasteiger charge is -2.13. The maximum atomic E-state index is 11.9. The molecule has 1 aromatic carbocycles. The van der Waals surface area contributed by atoms with Crippen LogP contribution in [0, 0.1) is 5.92 Å². The second kappa shape index (κ2) is 9.40. The molecule has 0 radical (unpaired) electrons. The van der Waals surface area contributed by atoms with Crippen molar-refractivity contribution in [2.24, 2.45) is 5.92 Å². The third-order valence-corrected chi connectivity index (χ3v) is 4.74. The zero-order valence-electron chi connectivity index (χ0n) is 15.5. The van der Waals surface area contributed by atoms with Crippen molar-refractivity contribution in [3.63, 3.8) is 0 Å². The molecule has 0 bridgehead atoms. The summed E-state index contributed by atoms with van der Waals surface area (Å²) in [7, 11) is 0. The number of rotatable bonds is 10. The van der Waals surface area contributed by atoms with Gasteiger partial charge in [-0.15, -0.1) is 0 Å². The summed E-state index contributed by atoms with van der Waals surface area (Å²) in [6.45, 7) is 5.76. The van der Waals surface area contributed by atoms with E-state index in [-0.39, 0.29) is 11.6 Å². The first-order valence-electron chi connectivity index (χ1n) is 9.14. The molecule has 1 atom stereocenters. The summed E-state index contributed by atoms with van der Waals surface area (Å²) in [6, 6.07) is 6.06. The minimum absolute atomic E-state index is 0.0114. The SMILES string of the molecule is CCC(=O)C(CC/C(=C/CCc1ccc2c(c1)OCO2)CC)C(C)=O. The molecule has 0 fully saturated rings. The lowest BCUT2D eigenvalue weighted by molar-refractivity contribution is -0.131. The second-order valence-electron chi connectivity index (χ2n) is 6.46. The first-order chi connectivity index (χ1) is 12.0. The van der Waals surface area contributed by atoms with E-state index < -0.39 is 5.92 Å². The molecule has 0 N–H and O–H groups in total. The third-order valence-electron chi connectivity index (χ3n) is 4.74. The Kier molecular flexibility index (Phi) is 7.23. The summed E-state index contributed by atoms with van der Waals surface area (Å²) < 4.78 is 10.7. The van der Waals surface area contributed by atoms with Gasteiger partial charge in [0, 0.05) is 6.42 Å². The number of fused-ring (bicyclic) bond motifs is 1. The topological polar surface area (TPSA) is 52.6 Å². The Labute approximate surface area is 150 Å². The molecule has 0 saturated carbocycles. The number of ketones is 2. The van der Waals surface area contributed by atoms with Gasteiger partial charge in [0.05, 0.1) is 5.92 Å². The van der Waals surface area contributed by atoms with Crippen LogP contribution in [0.25, 0.3) is 0 Å². The van der Waals surface area contributed by atoms with Crippen LogP contribution in [0.3, 0.4) is 0 Å². The predicted molar refractivity (Wildman–Crippen MR) is 98.0 cm³/mol. The molecule has 25 heavy (non-hydrogen) atoms. The molecule has 2 rings (SSSR count). The highest BCUT2D eigenvalue weighted by Gasteiger charge is 2.21. The van der Waals surface area contributed by atoms with Gasteiger partial charge in [0.1, 0.15) is 11.6 Å². The van der Waals surface area contributed by atoms with Gasteiger partial charge in [0.2, 0.25) is 6.79 Å². The van der Waals surface area contributed by atoms with Crippen LogP contribution in [0.4, 0.5) is 0 Å². The summed E-state index contributed by atoms with van der Waals surface area (Å²) in [5.74, 6) is 1.24. The maximum Gasteiger partial charge on any atom is 0.231 e. The van der Waals surface area contributed by atoms with Gasteiger partial charge < -0.3 is 9.47 Å². The van der Waals surface area contributed by atoms with E-state index in [1.165, 1.54) is 18.1 Å². The average molecular weight is 344 g/mol. The monoisotopic (exact) mass is 344 g/mol. The van der Waals surface area contributed by atoms with E-state index in [0.29, 0.717) is 19.6 Å². The first kappa shape index (κ1) is 19.2. The van der Waals surface area contributed by atoms with Gasteiger partial charge in [0.15, 0.2) is 11.5 Å². The minimum Gasteiger partial charge on any atom is -0.454 e. The van der Waals surface area contributed by atoms with E-state index in [0.717, 1.165) is 37.2 Å². The predicted octanol–water partition coefficient (Wildman–Crippen LogP) is 4.65. The molecule has 1 aliphatic heterocycles. The highest BCUT2D eigenvalue weighted by atomic mass is 16.7. The van der Waals surface area contributed by atoms with Crippen LogP contribution in [0.5, 0.6) is 11.5 Å². The Bertz CT molecular complexity index is 645. The summed E-state index contributed by atoms with van der Waals surface area (Å²) in [5, 5.41) is 0. The van der Waals surface area contributed by atoms with Crippen LogP contribution in [-0.2, 0) is 16.0 Å². The van der Waals surface area contributed by atoms with Crippen LogP contribution >= 0.6 is 0 Å². The Hall–Kier alpha value is -2.10. The Balaban J connectivity index is 1.87. The fraction of sp³-hybridized carbons (Fsp3) is 0.524. The third kappa shape index (κ3) is 5.45. The van der Waals surface area contributed by atoms with E-state index in [1.807, 2.05) is 19.1 Å². The molecule has 0 saturated heterocycles. The summed E-state index contributed by atoms with van der Waals surface area (Å²) >= 11 is 0. The molecule has 1 unspecified atom stereocenters. The van der Waals surface area contributed by atoms with Gasteiger partial charge >= 0.3 is 0 Å². The van der Waals surface area contributed by atoms with Crippen LogP contribution in [0.2, 0.25) is 0 Å². The number of allylic oxidation sites excluding steroid dienone is 2. The van der Waals surface area contributed by atoms with Crippen molar-refractivity contribution in [3.05, 3.63) is 35.4 Å². The second-order valence-corrected chi connectivity index (χ2v) is 6.46. The number of aryl methyl sites for hydroxylation is 1. The summed E-state index contributed by atoms with van der Waals surface area (Å²) in [6.07, 6.45) is 6.95. The quantitative estimate of drug-likeness (QED) is 0.458. The van der Waals surface area contributed by atoms with Crippen molar-refractivity contribution < 1.29 is 19.1 Å². The van der Waals surface area contributed by atoms with Gasteiger partial charge in [-0.25, -0.2) is 0 Å². The van der Waals surface area contributed by atoms with E-state index in [2.05, 4.69) is 19.1 Å². The number of hydrogen-bond donors (Lipinski definition) is 0. The van der Waals surface area contributed by atoms with Crippen molar-refractivity contribution in [1.29, 1.82) is 0 Å². The number of hydrogen-bond acceptors (Lipinski definition) is 4. The molecule has 1 aliphatic rings. The molecular formula is C21H28O4. The highest BCUT2D eigenvalue weighted by Crippen LogP contribution is 2.32. The van der Waals surface area contributed by atoms with Crippen LogP contribution < -0.4 is 9.47 Å². The fourth-order valence-electron chi connectivity index (χ4n) is 3.13. The largest absolute Gasteiger partial charge is 0.454 e. The molecule has 0 aliphatic carbocycles. The highest BCUT2D eigenvalue weighted by molar-refractivity contribution is 6.01. The van der Waals surface area contributed by atoms with E-state index in [1.54, 1.807) is 0 Å². The molecule has 1 aromatic rings. The molecular weight excluding hydrogens is 316 g/mol. The standard InChI is InChI=1S/C21H28O4/c1-4-16(9-11-18(15(3)22)19(23)5-2)7-6-8-17-10-12-20-21(13-17)25-14-24-20/h7,10,12-13,18H,4-6,8-9,11,14H2,1-3H3/b16-7+. The average Bonchev–Trinajstić information content (AvgIpc) is 3.07. The van der Waals surface area contributed by atoms with Gasteiger partial charge in [-0.3, -0.25) is 9.59 Å². The Morgan fingerprint density at radius 1 is 1.16 bits per heavy atom. The smallest absolute Gasteiger partial charge is 0.231 e. The fourth-order valence-corrected chi connectivity index (χ4v) is 3.13. The van der Waals surface area contributed by atoms with E-state index in [9.17, 15) is 9.59 Å². The van der Waals surface area contributed by atoms with E-state index >= 15 is 0 Å². The molecule has 1 heterocycles. The van der Waals surface area contributed by atoms with Gasteiger partial charge in [-0.2, -0.15) is 0 Å². The van der Waals surface area contributed by atoms with Crippen molar-refractivity contribution in [2.75, 3.05) is 6.79 Å². The first-order valence-corrected chi connectivity index (χ1v) is 9.14. The number of Topliss-reactive ketones (excluding diaryl/α,β-unsaturated/α-hetero) is 2. The number of benzene rings is 1. The van der Waals surface area contributed by atoms with Crippen LogP contribution in [0.1, 0.15) is 58.4 Å². The molecule has 4 nitrogen and oxygen atoms in total. The van der Waals surface area contributed by atoms with Gasteiger partial charge in [-0.05, 0) is 56.7 Å². The Morgan fingerprint density at radius 3 is 2.60 bits per heavy atom. The number of carbonyl (C=O) groups is 2. The lowest BCUT2D eigenvalue weighted by Crippen LogP contribution is -2.21. The number of carbonyl (C=O) groups excluding carboxylic acids is 2. The number of ether oxygens (including phenoxy) is 2. The van der Waals surface area contributed by atoms with Crippen molar-refractivity contribution in [3.8, 4) is 11.5 Å². The van der Waals surface area contributed by atoms with E-state index in [4.69, 9.17) is 9.47 Å². The molecule has 0 aromatic heterocycles. The zero-order chi connectivity index (χ0) is 18.2. The molecule has 0 amide bonds. The van der Waals surface area contributed by atoms with Crippen molar-refractivity contribution >= 4 is 11.6 Å². The zero-order valence-corrected chi connectivity index (χ0v) is 15.5. The van der Waals surface area contributed by atoms with Gasteiger partial charge in [0.25, 0.3) is 0 Å². The van der Waals surface area contributed by atoms with Crippen LogP contribution in [-0.4, -0.2) is 18.4 Å². The van der Waals surface area contributed by atoms with Crippen LogP contribution in [0.15, 0.2) is 29.8 Å². The minimum atomic E-state index is -0.436. The summed E-state index contributed by atoms with van der Waals surface area (Å²) in [5.41, 5.74) is 2.54. The van der Waals surface area contributed by atoms with Crippen molar-refractivity contribution in [1.82, 2.24) is 0 Å².